The van der Waals surface area contributed by atoms with Crippen LogP contribution in [0.4, 0.5) is 4.39 Å². The predicted molar refractivity (Wildman–Crippen MR) is 122 cm³/mol. The second-order valence-electron chi connectivity index (χ2n) is 8.62. The molecule has 1 fully saturated rings. The molecule has 0 saturated carbocycles. The van der Waals surface area contributed by atoms with Gasteiger partial charge >= 0.3 is 5.97 Å². The van der Waals surface area contributed by atoms with E-state index < -0.39 is 11.5 Å². The van der Waals surface area contributed by atoms with Crippen molar-refractivity contribution in [2.24, 2.45) is 11.1 Å². The summed E-state index contributed by atoms with van der Waals surface area (Å²) in [5, 5.41) is 0. The van der Waals surface area contributed by atoms with Crippen molar-refractivity contribution in [2.75, 3.05) is 0 Å². The number of halogens is 1. The summed E-state index contributed by atoms with van der Waals surface area (Å²) in [6, 6.07) is 14.4. The smallest absolute Gasteiger partial charge is 0.314 e. The topological polar surface area (TPSA) is 72.6 Å². The highest BCUT2D eigenvalue weighted by atomic mass is 19.1. The number of carbonyl (C=O) groups excluding carboxylic acids is 2. The Morgan fingerprint density at radius 2 is 1.81 bits per heavy atom. The van der Waals surface area contributed by atoms with Gasteiger partial charge in [0.15, 0.2) is 0 Å². The largest absolute Gasteiger partial charge is 0.460 e. The van der Waals surface area contributed by atoms with Gasteiger partial charge in [0, 0.05) is 6.04 Å². The van der Waals surface area contributed by atoms with Gasteiger partial charge in [0.1, 0.15) is 12.4 Å². The number of nitrogens with zero attached hydrogens (tertiary/aromatic N) is 1. The Labute approximate surface area is 189 Å². The van der Waals surface area contributed by atoms with Crippen LogP contribution in [0.25, 0.3) is 0 Å². The molecule has 172 valence electrons. The van der Waals surface area contributed by atoms with Gasteiger partial charge in [0.25, 0.3) is 0 Å². The van der Waals surface area contributed by atoms with E-state index in [1.54, 1.807) is 17.9 Å². The van der Waals surface area contributed by atoms with Crippen molar-refractivity contribution in [3.8, 4) is 0 Å². The van der Waals surface area contributed by atoms with E-state index in [1.807, 2.05) is 50.2 Å². The second kappa shape index (κ2) is 10.3. The van der Waals surface area contributed by atoms with Crippen LogP contribution >= 0.6 is 0 Å². The van der Waals surface area contributed by atoms with E-state index in [4.69, 9.17) is 10.5 Å². The number of ether oxygens (including phenoxy) is 1. The Bertz CT molecular complexity index is 928. The van der Waals surface area contributed by atoms with Crippen LogP contribution in [0.5, 0.6) is 0 Å². The molecule has 0 aromatic heterocycles. The zero-order valence-corrected chi connectivity index (χ0v) is 19.1. The van der Waals surface area contributed by atoms with Gasteiger partial charge in [-0.15, -0.1) is 0 Å². The molecule has 1 aliphatic rings. The summed E-state index contributed by atoms with van der Waals surface area (Å²) in [6.07, 6.45) is 2.32. The van der Waals surface area contributed by atoms with Crippen LogP contribution in [0.1, 0.15) is 63.6 Å². The van der Waals surface area contributed by atoms with Gasteiger partial charge in [-0.2, -0.15) is 0 Å². The number of likely N-dealkylation sites (tertiary alicyclic amines) is 1. The number of hydrogen-bond acceptors (Lipinski definition) is 4. The van der Waals surface area contributed by atoms with Crippen molar-refractivity contribution in [1.82, 2.24) is 4.90 Å². The van der Waals surface area contributed by atoms with Gasteiger partial charge in [-0.05, 0) is 55.9 Å². The van der Waals surface area contributed by atoms with Crippen LogP contribution in [-0.4, -0.2) is 28.9 Å². The van der Waals surface area contributed by atoms with E-state index in [9.17, 15) is 14.0 Å². The molecule has 2 aromatic carbocycles. The monoisotopic (exact) mass is 440 g/mol. The normalized spacial score (nSPS) is 19.6. The van der Waals surface area contributed by atoms with Crippen molar-refractivity contribution in [1.29, 1.82) is 0 Å². The molecule has 0 bridgehead atoms. The second-order valence-corrected chi connectivity index (χ2v) is 8.62. The number of nitrogens with two attached hydrogens (primary N) is 1. The quantitative estimate of drug-likeness (QED) is 0.601. The highest BCUT2D eigenvalue weighted by molar-refractivity contribution is 5.84. The van der Waals surface area contributed by atoms with Crippen LogP contribution in [0.3, 0.4) is 0 Å². The first kappa shape index (κ1) is 23.9. The Morgan fingerprint density at radius 3 is 2.41 bits per heavy atom. The number of carbonyl (C=O) groups is 2. The molecule has 2 N–H and O–H groups in total. The van der Waals surface area contributed by atoms with Crippen LogP contribution in [0.15, 0.2) is 54.6 Å². The molecular weight excluding hydrogens is 407 g/mol. The third kappa shape index (κ3) is 4.70. The lowest BCUT2D eigenvalue weighted by molar-refractivity contribution is -0.164. The summed E-state index contributed by atoms with van der Waals surface area (Å²) in [6.45, 7) is 5.74. The van der Waals surface area contributed by atoms with Crippen LogP contribution in [0, 0.1) is 11.2 Å². The van der Waals surface area contributed by atoms with E-state index >= 15 is 0 Å². The van der Waals surface area contributed by atoms with Gasteiger partial charge in [-0.1, -0.05) is 56.3 Å². The summed E-state index contributed by atoms with van der Waals surface area (Å²) in [4.78, 5) is 28.5. The number of esters is 1. The Kier molecular flexibility index (Phi) is 7.67. The highest BCUT2D eigenvalue weighted by Crippen LogP contribution is 2.47. The molecule has 0 radical (unpaired) electrons. The lowest BCUT2D eigenvalue weighted by Crippen LogP contribution is -2.54. The van der Waals surface area contributed by atoms with Gasteiger partial charge in [-0.25, -0.2) is 4.39 Å². The predicted octanol–water partition coefficient (Wildman–Crippen LogP) is 4.75. The summed E-state index contributed by atoms with van der Waals surface area (Å²) in [7, 11) is 0. The fourth-order valence-corrected chi connectivity index (χ4v) is 4.95. The van der Waals surface area contributed by atoms with Crippen molar-refractivity contribution in [3.05, 3.63) is 71.5 Å². The minimum Gasteiger partial charge on any atom is -0.460 e. The van der Waals surface area contributed by atoms with E-state index in [1.165, 1.54) is 12.1 Å². The van der Waals surface area contributed by atoms with Crippen molar-refractivity contribution >= 4 is 11.9 Å². The van der Waals surface area contributed by atoms with E-state index in [0.29, 0.717) is 25.7 Å². The molecular formula is C26H33FN2O3. The maximum atomic E-state index is 14.0. The first-order chi connectivity index (χ1) is 15.3. The molecule has 1 aliphatic heterocycles. The molecule has 1 heterocycles. The lowest BCUT2D eigenvalue weighted by Gasteiger charge is -2.42. The zero-order valence-electron chi connectivity index (χ0n) is 19.1. The van der Waals surface area contributed by atoms with E-state index in [-0.39, 0.29) is 36.4 Å². The van der Waals surface area contributed by atoms with Gasteiger partial charge in [-0.3, -0.25) is 9.59 Å². The first-order valence-electron chi connectivity index (χ1n) is 11.4. The highest BCUT2D eigenvalue weighted by Gasteiger charge is 2.53. The van der Waals surface area contributed by atoms with Crippen molar-refractivity contribution < 1.29 is 18.7 Å². The van der Waals surface area contributed by atoms with Crippen molar-refractivity contribution in [3.63, 3.8) is 0 Å². The summed E-state index contributed by atoms with van der Waals surface area (Å²) < 4.78 is 19.7. The third-order valence-electron chi connectivity index (χ3n) is 6.78. The molecule has 32 heavy (non-hydrogen) atoms. The molecule has 6 heteroatoms. The molecule has 0 spiro atoms. The molecule has 0 aliphatic carbocycles. The number of hydrogen-bond donors (Lipinski definition) is 1. The van der Waals surface area contributed by atoms with E-state index in [0.717, 1.165) is 11.1 Å². The molecule has 5 nitrogen and oxygen atoms in total. The number of amides is 1. The fourth-order valence-electron chi connectivity index (χ4n) is 4.95. The van der Waals surface area contributed by atoms with Crippen LogP contribution in [0.2, 0.25) is 0 Å². The summed E-state index contributed by atoms with van der Waals surface area (Å²) >= 11 is 0. The first-order valence-corrected chi connectivity index (χ1v) is 11.4. The van der Waals surface area contributed by atoms with Gasteiger partial charge in [0.05, 0.1) is 17.5 Å². The average Bonchev–Trinajstić information content (AvgIpc) is 3.24. The van der Waals surface area contributed by atoms with E-state index in [2.05, 4.69) is 0 Å². The SMILES string of the molecule is CCC(CC)(C(=O)OCc1ccccc1)[C@H]1CC[C@@H](c2cccc(F)c2)N1C(=O)[C@@H](C)N. The zero-order chi connectivity index (χ0) is 23.3. The van der Waals surface area contributed by atoms with Gasteiger partial charge in [0.2, 0.25) is 5.91 Å². The molecule has 3 atom stereocenters. The average molecular weight is 441 g/mol. The Morgan fingerprint density at radius 1 is 1.12 bits per heavy atom. The van der Waals surface area contributed by atoms with Crippen LogP contribution < -0.4 is 5.73 Å². The molecule has 3 rings (SSSR count). The minimum atomic E-state index is -0.860. The molecule has 1 saturated heterocycles. The molecule has 0 unspecified atom stereocenters. The third-order valence-corrected chi connectivity index (χ3v) is 6.78. The molecule has 2 aromatic rings. The van der Waals surface area contributed by atoms with Crippen LogP contribution in [-0.2, 0) is 20.9 Å². The summed E-state index contributed by atoms with van der Waals surface area (Å²) in [5.41, 5.74) is 6.78. The standard InChI is InChI=1S/C26H33FN2O3/c1-4-26(5-2,25(31)32-17-19-10-7-6-8-11-19)23-15-14-22(29(23)24(30)18(3)28)20-12-9-13-21(27)16-20/h6-13,16,18,22-23H,4-5,14-15,17,28H2,1-3H3/t18-,22+,23-/m1/s1. The van der Waals surface area contributed by atoms with Crippen molar-refractivity contribution in [2.45, 2.75) is 71.2 Å². The number of rotatable bonds is 8. The molecule has 1 amide bonds. The summed E-state index contributed by atoms with van der Waals surface area (Å²) in [5.74, 6) is -0.888. The van der Waals surface area contributed by atoms with Gasteiger partial charge < -0.3 is 15.4 Å². The Hall–Kier alpha value is -2.73. The maximum absolute atomic E-state index is 14.0. The minimum absolute atomic E-state index is 0.183. The Balaban J connectivity index is 1.93. The maximum Gasteiger partial charge on any atom is 0.314 e. The number of benzene rings is 2. The lowest BCUT2D eigenvalue weighted by atomic mass is 9.74. The fraction of sp³-hybridized carbons (Fsp3) is 0.462.